The van der Waals surface area contributed by atoms with Gasteiger partial charge in [0.1, 0.15) is 0 Å². The van der Waals surface area contributed by atoms with Crippen molar-refractivity contribution in [3.63, 3.8) is 0 Å². The molecule has 0 aromatic carbocycles. The highest BCUT2D eigenvalue weighted by Crippen LogP contribution is 2.32. The molecule has 1 aliphatic rings. The van der Waals surface area contributed by atoms with Gasteiger partial charge in [-0.05, 0) is 25.7 Å². The van der Waals surface area contributed by atoms with Crippen LogP contribution in [0.15, 0.2) is 0 Å². The first-order chi connectivity index (χ1) is 7.27. The van der Waals surface area contributed by atoms with Crippen LogP contribution < -0.4 is 0 Å². The van der Waals surface area contributed by atoms with Gasteiger partial charge in [0, 0.05) is 6.42 Å². The Hall–Kier alpha value is -0.550. The molecule has 0 aromatic heterocycles. The summed E-state index contributed by atoms with van der Waals surface area (Å²) in [5.74, 6) is 0. The van der Waals surface area contributed by atoms with E-state index in [1.165, 1.54) is 25.7 Å². The van der Waals surface area contributed by atoms with E-state index < -0.39 is 0 Å². The average molecular weight is 209 g/mol. The van der Waals surface area contributed by atoms with E-state index in [0.717, 1.165) is 38.5 Å². The van der Waals surface area contributed by atoms with Crippen LogP contribution in [0.3, 0.4) is 0 Å². The average Bonchev–Trinajstić information content (AvgIpc) is 2.24. The lowest BCUT2D eigenvalue weighted by molar-refractivity contribution is -0.00586. The van der Waals surface area contributed by atoms with Crippen molar-refractivity contribution < 1.29 is 5.11 Å². The molecule has 1 aliphatic carbocycles. The van der Waals surface area contributed by atoms with Gasteiger partial charge in [0.2, 0.25) is 0 Å². The van der Waals surface area contributed by atoms with Crippen LogP contribution in [0, 0.1) is 11.3 Å². The summed E-state index contributed by atoms with van der Waals surface area (Å²) in [4.78, 5) is 0. The summed E-state index contributed by atoms with van der Waals surface area (Å²) in [6, 6.07) is 2.17. The number of hydrogen-bond donors (Lipinski definition) is 1. The van der Waals surface area contributed by atoms with Crippen molar-refractivity contribution in [1.82, 2.24) is 0 Å². The monoisotopic (exact) mass is 209 g/mol. The number of unbranched alkanes of at least 4 members (excludes halogenated alkanes) is 4. The fourth-order valence-electron chi connectivity index (χ4n) is 2.47. The number of aliphatic hydroxyl groups is 1. The van der Waals surface area contributed by atoms with Crippen molar-refractivity contribution in [1.29, 1.82) is 5.26 Å². The molecule has 0 bridgehead atoms. The van der Waals surface area contributed by atoms with Crippen LogP contribution in [0.1, 0.15) is 70.6 Å². The minimum absolute atomic E-state index is 0.340. The number of nitriles is 1. The fourth-order valence-corrected chi connectivity index (χ4v) is 2.47. The van der Waals surface area contributed by atoms with Crippen molar-refractivity contribution >= 4 is 0 Å². The molecule has 0 radical (unpaired) electrons. The Morgan fingerprint density at radius 3 is 2.33 bits per heavy atom. The Balaban J connectivity index is 2.01. The van der Waals surface area contributed by atoms with E-state index >= 15 is 0 Å². The molecule has 86 valence electrons. The second-order valence-corrected chi connectivity index (χ2v) is 4.86. The van der Waals surface area contributed by atoms with Gasteiger partial charge in [0.05, 0.1) is 11.7 Å². The van der Waals surface area contributed by atoms with Crippen molar-refractivity contribution in [2.75, 3.05) is 0 Å². The number of hydrogen-bond acceptors (Lipinski definition) is 2. The Morgan fingerprint density at radius 2 is 1.67 bits per heavy atom. The first kappa shape index (κ1) is 12.5. The molecule has 0 atom stereocenters. The van der Waals surface area contributed by atoms with Crippen LogP contribution in [-0.2, 0) is 0 Å². The van der Waals surface area contributed by atoms with Crippen LogP contribution >= 0.6 is 0 Å². The molecule has 0 aliphatic heterocycles. The molecule has 2 heteroatoms. The lowest BCUT2D eigenvalue weighted by Gasteiger charge is -2.32. The van der Waals surface area contributed by atoms with Crippen LogP contribution in [0.5, 0.6) is 0 Å². The first-order valence-electron chi connectivity index (χ1n) is 6.36. The third-order valence-electron chi connectivity index (χ3n) is 3.46. The zero-order valence-electron chi connectivity index (χ0n) is 9.67. The maximum absolute atomic E-state index is 10.2. The molecule has 0 saturated heterocycles. The van der Waals surface area contributed by atoms with Crippen molar-refractivity contribution in [2.24, 2.45) is 0 Å². The van der Waals surface area contributed by atoms with Crippen LogP contribution in [0.4, 0.5) is 0 Å². The Bertz CT molecular complexity index is 201. The molecule has 0 unspecified atom stereocenters. The van der Waals surface area contributed by atoms with E-state index in [2.05, 4.69) is 6.07 Å². The highest BCUT2D eigenvalue weighted by molar-refractivity contribution is 4.81. The normalized spacial score (nSPS) is 19.7. The summed E-state index contributed by atoms with van der Waals surface area (Å²) in [5, 5.41) is 18.6. The van der Waals surface area contributed by atoms with E-state index in [1.807, 2.05) is 0 Å². The summed E-state index contributed by atoms with van der Waals surface area (Å²) in [6.45, 7) is 0. The maximum Gasteiger partial charge on any atom is 0.0647 e. The fraction of sp³-hybridized carbons (Fsp3) is 0.923. The van der Waals surface area contributed by atoms with Crippen LogP contribution in [0.2, 0.25) is 0 Å². The van der Waals surface area contributed by atoms with Crippen LogP contribution in [-0.4, -0.2) is 10.7 Å². The molecule has 15 heavy (non-hydrogen) atoms. The van der Waals surface area contributed by atoms with Gasteiger partial charge in [-0.2, -0.15) is 5.26 Å². The zero-order chi connectivity index (χ0) is 11.0. The standard InChI is InChI=1S/C13H23NO/c14-12-8-3-1-2-5-9-13(15)10-6-4-7-11-13/h15H,1-11H2. The van der Waals surface area contributed by atoms with Gasteiger partial charge >= 0.3 is 0 Å². The van der Waals surface area contributed by atoms with Gasteiger partial charge < -0.3 is 5.11 Å². The van der Waals surface area contributed by atoms with Gasteiger partial charge in [-0.15, -0.1) is 0 Å². The molecule has 0 amide bonds. The Morgan fingerprint density at radius 1 is 1.00 bits per heavy atom. The zero-order valence-corrected chi connectivity index (χ0v) is 9.67. The molecule has 1 fully saturated rings. The van der Waals surface area contributed by atoms with Gasteiger partial charge in [0.15, 0.2) is 0 Å². The second-order valence-electron chi connectivity index (χ2n) is 4.86. The molecule has 0 spiro atoms. The van der Waals surface area contributed by atoms with Gasteiger partial charge in [0.25, 0.3) is 0 Å². The number of nitrogens with zero attached hydrogens (tertiary/aromatic N) is 1. The minimum Gasteiger partial charge on any atom is -0.390 e. The Labute approximate surface area is 93.3 Å². The highest BCUT2D eigenvalue weighted by Gasteiger charge is 2.27. The first-order valence-corrected chi connectivity index (χ1v) is 6.36. The largest absolute Gasteiger partial charge is 0.390 e. The topological polar surface area (TPSA) is 44.0 Å². The molecular weight excluding hydrogens is 186 g/mol. The van der Waals surface area contributed by atoms with E-state index in [4.69, 9.17) is 5.26 Å². The lowest BCUT2D eigenvalue weighted by Crippen LogP contribution is -2.30. The van der Waals surface area contributed by atoms with E-state index in [1.54, 1.807) is 0 Å². The van der Waals surface area contributed by atoms with E-state index in [9.17, 15) is 5.11 Å². The maximum atomic E-state index is 10.2. The van der Waals surface area contributed by atoms with Gasteiger partial charge in [-0.25, -0.2) is 0 Å². The summed E-state index contributed by atoms with van der Waals surface area (Å²) in [6.07, 6.45) is 11.8. The molecule has 1 saturated carbocycles. The molecule has 1 N–H and O–H groups in total. The molecule has 2 nitrogen and oxygen atoms in total. The van der Waals surface area contributed by atoms with Crippen molar-refractivity contribution in [3.05, 3.63) is 0 Å². The molecule has 0 aromatic rings. The minimum atomic E-state index is -0.340. The lowest BCUT2D eigenvalue weighted by atomic mass is 9.81. The van der Waals surface area contributed by atoms with Crippen LogP contribution in [0.25, 0.3) is 0 Å². The molecule has 1 rings (SSSR count). The number of rotatable bonds is 6. The molecule has 0 heterocycles. The highest BCUT2D eigenvalue weighted by atomic mass is 16.3. The quantitative estimate of drug-likeness (QED) is 0.680. The van der Waals surface area contributed by atoms with Crippen molar-refractivity contribution in [2.45, 2.75) is 76.2 Å². The van der Waals surface area contributed by atoms with E-state index in [-0.39, 0.29) is 5.60 Å². The summed E-state index contributed by atoms with van der Waals surface area (Å²) in [7, 11) is 0. The van der Waals surface area contributed by atoms with E-state index in [0.29, 0.717) is 6.42 Å². The summed E-state index contributed by atoms with van der Waals surface area (Å²) in [5.41, 5.74) is -0.340. The third kappa shape index (κ3) is 5.18. The van der Waals surface area contributed by atoms with Gasteiger partial charge in [-0.1, -0.05) is 38.5 Å². The predicted octanol–water partition coefficient (Wildman–Crippen LogP) is 3.55. The summed E-state index contributed by atoms with van der Waals surface area (Å²) < 4.78 is 0. The molecular formula is C13H23NO. The second kappa shape index (κ2) is 6.85. The predicted molar refractivity (Wildman–Crippen MR) is 61.3 cm³/mol. The van der Waals surface area contributed by atoms with Crippen molar-refractivity contribution in [3.8, 4) is 6.07 Å². The van der Waals surface area contributed by atoms with Gasteiger partial charge in [-0.3, -0.25) is 0 Å². The summed E-state index contributed by atoms with van der Waals surface area (Å²) >= 11 is 0. The third-order valence-corrected chi connectivity index (χ3v) is 3.46. The SMILES string of the molecule is N#CCCCCCCC1(O)CCCCC1. The Kier molecular flexibility index (Phi) is 5.71. The smallest absolute Gasteiger partial charge is 0.0647 e.